The maximum atomic E-state index is 13.5. The molecule has 2 amide bonds. The average Bonchev–Trinajstić information content (AvgIpc) is 3.32. The second kappa shape index (κ2) is 12.8. The van der Waals surface area contributed by atoms with Gasteiger partial charge in [-0.1, -0.05) is 43.5 Å². The van der Waals surface area contributed by atoms with Crippen molar-refractivity contribution in [1.29, 1.82) is 0 Å². The number of fused-ring (bicyclic) bond motifs is 1. The molecule has 9 heteroatoms. The van der Waals surface area contributed by atoms with E-state index in [1.165, 1.54) is 30.9 Å². The second-order valence-electron chi connectivity index (χ2n) is 11.8. The molecule has 9 nitrogen and oxygen atoms in total. The molecule has 0 atom stereocenters. The van der Waals surface area contributed by atoms with Crippen molar-refractivity contribution in [3.63, 3.8) is 0 Å². The van der Waals surface area contributed by atoms with Crippen LogP contribution in [0.15, 0.2) is 66.7 Å². The number of rotatable bonds is 9. The minimum absolute atomic E-state index is 0.359. The Labute approximate surface area is 257 Å². The monoisotopic (exact) mass is 594 g/mol. The van der Waals surface area contributed by atoms with Crippen molar-refractivity contribution in [3.05, 3.63) is 83.4 Å². The maximum Gasteiger partial charge on any atom is 0.328 e. The molecule has 3 N–H and O–H groups in total. The SMILES string of the molecule is COc1cccc(-c2c(C3CCCCC3)c3ccc(C(=O)NC(C)(C)C(=O)Nc4ccc(/C=C/C(=O)O)cc4)cc3n2C)n1. The third-order valence-corrected chi connectivity index (χ3v) is 8.27. The van der Waals surface area contributed by atoms with Gasteiger partial charge in [0.15, 0.2) is 0 Å². The van der Waals surface area contributed by atoms with Gasteiger partial charge in [-0.25, -0.2) is 9.78 Å². The molecule has 0 radical (unpaired) electrons. The van der Waals surface area contributed by atoms with Gasteiger partial charge in [-0.15, -0.1) is 0 Å². The van der Waals surface area contributed by atoms with Crippen LogP contribution in [0.4, 0.5) is 5.69 Å². The molecule has 1 aliphatic carbocycles. The fraction of sp³-hybridized carbons (Fsp3) is 0.314. The third kappa shape index (κ3) is 6.51. The van der Waals surface area contributed by atoms with Crippen LogP contribution in [0, 0.1) is 0 Å². The minimum atomic E-state index is -1.22. The fourth-order valence-electron chi connectivity index (χ4n) is 5.93. The summed E-state index contributed by atoms with van der Waals surface area (Å²) < 4.78 is 7.54. The summed E-state index contributed by atoms with van der Waals surface area (Å²) in [6.45, 7) is 3.30. The van der Waals surface area contributed by atoms with Crippen LogP contribution < -0.4 is 15.4 Å². The van der Waals surface area contributed by atoms with Crippen LogP contribution in [0.2, 0.25) is 0 Å². The lowest BCUT2D eigenvalue weighted by Gasteiger charge is -2.25. The van der Waals surface area contributed by atoms with Crippen LogP contribution in [-0.4, -0.2) is 45.1 Å². The van der Waals surface area contributed by atoms with Crippen LogP contribution in [0.1, 0.15) is 73.4 Å². The highest BCUT2D eigenvalue weighted by Gasteiger charge is 2.31. The van der Waals surface area contributed by atoms with Crippen molar-refractivity contribution in [2.75, 3.05) is 12.4 Å². The van der Waals surface area contributed by atoms with E-state index in [0.29, 0.717) is 28.6 Å². The van der Waals surface area contributed by atoms with E-state index < -0.39 is 11.5 Å². The van der Waals surface area contributed by atoms with Crippen molar-refractivity contribution in [2.24, 2.45) is 7.05 Å². The first-order chi connectivity index (χ1) is 21.1. The molecule has 0 aliphatic heterocycles. The zero-order valence-electron chi connectivity index (χ0n) is 25.5. The average molecular weight is 595 g/mol. The lowest BCUT2D eigenvalue weighted by atomic mass is 9.82. The molecule has 0 bridgehead atoms. The first-order valence-electron chi connectivity index (χ1n) is 14.9. The number of carbonyl (C=O) groups excluding carboxylic acids is 2. The maximum absolute atomic E-state index is 13.5. The lowest BCUT2D eigenvalue weighted by Crippen LogP contribution is -2.52. The summed E-state index contributed by atoms with van der Waals surface area (Å²) in [7, 11) is 3.62. The molecule has 1 saturated carbocycles. The molecule has 4 aromatic rings. The molecule has 1 aliphatic rings. The lowest BCUT2D eigenvalue weighted by molar-refractivity contribution is -0.131. The number of amides is 2. The molecule has 228 valence electrons. The summed E-state index contributed by atoms with van der Waals surface area (Å²) in [5.41, 5.74) is 4.51. The third-order valence-electron chi connectivity index (χ3n) is 8.27. The number of carbonyl (C=O) groups is 3. The number of aromatic nitrogens is 2. The largest absolute Gasteiger partial charge is 0.481 e. The zero-order valence-corrected chi connectivity index (χ0v) is 25.5. The van der Waals surface area contributed by atoms with Gasteiger partial charge < -0.3 is 25.0 Å². The van der Waals surface area contributed by atoms with E-state index in [1.807, 2.05) is 43.4 Å². The van der Waals surface area contributed by atoms with E-state index >= 15 is 0 Å². The van der Waals surface area contributed by atoms with Crippen LogP contribution >= 0.6 is 0 Å². The minimum Gasteiger partial charge on any atom is -0.481 e. The predicted molar refractivity (Wildman–Crippen MR) is 172 cm³/mol. The summed E-state index contributed by atoms with van der Waals surface area (Å²) in [6, 6.07) is 18.3. The van der Waals surface area contributed by atoms with E-state index in [4.69, 9.17) is 14.8 Å². The zero-order chi connectivity index (χ0) is 31.4. The number of carboxylic acids is 1. The Hall–Kier alpha value is -4.92. The number of ether oxygens (including phenoxy) is 1. The first kappa shape index (κ1) is 30.5. The molecule has 44 heavy (non-hydrogen) atoms. The number of anilines is 1. The van der Waals surface area contributed by atoms with Crippen LogP contribution in [-0.2, 0) is 16.6 Å². The van der Waals surface area contributed by atoms with Crippen LogP contribution in [0.5, 0.6) is 5.88 Å². The second-order valence-corrected chi connectivity index (χ2v) is 11.8. The Morgan fingerprint density at radius 3 is 2.43 bits per heavy atom. The number of pyridine rings is 1. The molecule has 0 spiro atoms. The topological polar surface area (TPSA) is 123 Å². The van der Waals surface area contributed by atoms with Gasteiger partial charge in [0, 0.05) is 41.3 Å². The normalized spacial score (nSPS) is 14.1. The van der Waals surface area contributed by atoms with Crippen molar-refractivity contribution in [3.8, 4) is 17.3 Å². The standard InChI is InChI=1S/C35H38N4O5/c1-35(2,34(43)36-25-17-13-22(14-18-25)15-20-30(40)41)38-33(42)24-16-19-26-28(21-24)39(3)32(27-11-8-12-29(37-27)44-4)31(26)23-9-6-5-7-10-23/h8,11-21,23H,5-7,9-10H2,1-4H3,(H,36,43)(H,38,42)(H,40,41)/b20-15+. The Morgan fingerprint density at radius 2 is 1.75 bits per heavy atom. The number of carboxylic acid groups (broad SMARTS) is 1. The summed E-state index contributed by atoms with van der Waals surface area (Å²) >= 11 is 0. The highest BCUT2D eigenvalue weighted by Crippen LogP contribution is 2.43. The number of nitrogens with one attached hydrogen (secondary N) is 2. The van der Waals surface area contributed by atoms with Gasteiger partial charge in [0.25, 0.3) is 5.91 Å². The van der Waals surface area contributed by atoms with Gasteiger partial charge in [0.05, 0.1) is 18.5 Å². The number of benzene rings is 2. The Balaban J connectivity index is 1.40. The van der Waals surface area contributed by atoms with E-state index in [0.717, 1.165) is 41.2 Å². The Morgan fingerprint density at radius 1 is 1.02 bits per heavy atom. The quantitative estimate of drug-likeness (QED) is 0.189. The number of methoxy groups -OCH3 is 1. The molecule has 2 aromatic heterocycles. The number of hydrogen-bond acceptors (Lipinski definition) is 5. The van der Waals surface area contributed by atoms with Gasteiger partial charge in [-0.3, -0.25) is 9.59 Å². The van der Waals surface area contributed by atoms with Gasteiger partial charge in [0.2, 0.25) is 11.8 Å². The van der Waals surface area contributed by atoms with Gasteiger partial charge in [0.1, 0.15) is 5.54 Å². The van der Waals surface area contributed by atoms with Gasteiger partial charge in [-0.2, -0.15) is 0 Å². The number of aliphatic carboxylic acids is 1. The summed E-state index contributed by atoms with van der Waals surface area (Å²) in [4.78, 5) is 42.2. The molecule has 5 rings (SSSR count). The smallest absolute Gasteiger partial charge is 0.328 e. The first-order valence-corrected chi connectivity index (χ1v) is 14.9. The Kier molecular flexibility index (Phi) is 8.85. The molecular formula is C35H38N4O5. The Bertz CT molecular complexity index is 1730. The number of aryl methyl sites for hydroxylation is 1. The van der Waals surface area contributed by atoms with Crippen molar-refractivity contribution < 1.29 is 24.2 Å². The number of nitrogens with zero attached hydrogens (tertiary/aromatic N) is 2. The molecule has 2 heterocycles. The fourth-order valence-corrected chi connectivity index (χ4v) is 5.93. The summed E-state index contributed by atoms with van der Waals surface area (Å²) in [5.74, 6) is -0.827. The molecule has 2 aromatic carbocycles. The molecular weight excluding hydrogens is 556 g/mol. The van der Waals surface area contributed by atoms with E-state index in [2.05, 4.69) is 15.2 Å². The van der Waals surface area contributed by atoms with Crippen molar-refractivity contribution >= 4 is 40.4 Å². The van der Waals surface area contributed by atoms with Gasteiger partial charge >= 0.3 is 5.97 Å². The highest BCUT2D eigenvalue weighted by molar-refractivity contribution is 6.05. The van der Waals surface area contributed by atoms with Crippen molar-refractivity contribution in [1.82, 2.24) is 14.9 Å². The van der Waals surface area contributed by atoms with E-state index in [9.17, 15) is 14.4 Å². The number of hydrogen-bond donors (Lipinski definition) is 3. The summed E-state index contributed by atoms with van der Waals surface area (Å²) in [6.07, 6.45) is 8.37. The predicted octanol–water partition coefficient (Wildman–Crippen LogP) is 6.54. The van der Waals surface area contributed by atoms with Gasteiger partial charge in [-0.05, 0) is 80.1 Å². The molecule has 0 saturated heterocycles. The van der Waals surface area contributed by atoms with E-state index in [1.54, 1.807) is 45.2 Å². The molecule has 0 unspecified atom stereocenters. The summed E-state index contributed by atoms with van der Waals surface area (Å²) in [5, 5.41) is 15.6. The van der Waals surface area contributed by atoms with Crippen LogP contribution in [0.3, 0.4) is 0 Å². The van der Waals surface area contributed by atoms with Crippen molar-refractivity contribution in [2.45, 2.75) is 57.4 Å². The molecule has 1 fully saturated rings. The van der Waals surface area contributed by atoms with Crippen LogP contribution in [0.25, 0.3) is 28.4 Å². The highest BCUT2D eigenvalue weighted by atomic mass is 16.5. The van der Waals surface area contributed by atoms with E-state index in [-0.39, 0.29) is 11.8 Å².